The number of fused-ring (bicyclic) bond motifs is 9. The van der Waals surface area contributed by atoms with Crippen molar-refractivity contribution in [3.8, 4) is 0 Å². The Kier molecular flexibility index (Phi) is 3.34. The van der Waals surface area contributed by atoms with E-state index in [0.29, 0.717) is 23.7 Å². The van der Waals surface area contributed by atoms with Crippen LogP contribution in [-0.4, -0.2) is 36.4 Å². The van der Waals surface area contributed by atoms with Gasteiger partial charge in [0.1, 0.15) is 5.60 Å². The minimum Gasteiger partial charge on any atom is -0.457 e. The molecule has 3 fully saturated rings. The van der Waals surface area contributed by atoms with Crippen LogP contribution in [0.3, 0.4) is 0 Å². The van der Waals surface area contributed by atoms with Gasteiger partial charge in [-0.15, -0.1) is 0 Å². The first-order chi connectivity index (χ1) is 10.8. The van der Waals surface area contributed by atoms with Gasteiger partial charge in [0.05, 0.1) is 18.1 Å². The second-order valence-corrected chi connectivity index (χ2v) is 8.28. The van der Waals surface area contributed by atoms with Gasteiger partial charge in [-0.1, -0.05) is 12.2 Å². The number of rotatable bonds is 3. The summed E-state index contributed by atoms with van der Waals surface area (Å²) in [7, 11) is 0. The van der Waals surface area contributed by atoms with Gasteiger partial charge in [0.2, 0.25) is 0 Å². The summed E-state index contributed by atoms with van der Waals surface area (Å²) in [5.74, 6) is 1.20. The summed E-state index contributed by atoms with van der Waals surface area (Å²) in [5.41, 5.74) is -0.568. The number of allylic oxidation sites excluding steroid dienone is 2. The first-order valence-electron chi connectivity index (χ1n) is 8.56. The van der Waals surface area contributed by atoms with E-state index in [9.17, 15) is 9.59 Å². The van der Waals surface area contributed by atoms with E-state index in [-0.39, 0.29) is 30.7 Å². The lowest BCUT2D eigenvalue weighted by Crippen LogP contribution is -2.40. The number of carbonyl (C=O) groups excluding carboxylic acids is 2. The molecule has 2 aliphatic carbocycles. The maximum atomic E-state index is 12.4. The fraction of sp³-hybridized carbons (Fsp3) is 0.778. The van der Waals surface area contributed by atoms with Gasteiger partial charge in [-0.05, 0) is 57.3 Å². The van der Waals surface area contributed by atoms with Crippen LogP contribution in [0.15, 0.2) is 12.2 Å². The Balaban J connectivity index is 1.34. The molecule has 2 saturated heterocycles. The van der Waals surface area contributed by atoms with Gasteiger partial charge in [0.15, 0.2) is 6.61 Å². The zero-order valence-corrected chi connectivity index (χ0v) is 13.9. The van der Waals surface area contributed by atoms with Gasteiger partial charge in [0, 0.05) is 0 Å². The van der Waals surface area contributed by atoms with Crippen molar-refractivity contribution in [3.63, 3.8) is 0 Å². The fourth-order valence-corrected chi connectivity index (χ4v) is 5.07. The zero-order chi connectivity index (χ0) is 16.4. The van der Waals surface area contributed by atoms with Crippen LogP contribution < -0.4 is 0 Å². The van der Waals surface area contributed by atoms with Crippen LogP contribution >= 0.6 is 0 Å². The monoisotopic (exact) mass is 320 g/mol. The summed E-state index contributed by atoms with van der Waals surface area (Å²) in [6.07, 6.45) is 6.71. The molecule has 4 bridgehead atoms. The second-order valence-electron chi connectivity index (χ2n) is 8.28. The largest absolute Gasteiger partial charge is 0.457 e. The van der Waals surface area contributed by atoms with Crippen molar-refractivity contribution < 1.29 is 23.8 Å². The highest BCUT2D eigenvalue weighted by Gasteiger charge is 2.64. The number of hydrogen-bond donors (Lipinski definition) is 0. The molecule has 5 nitrogen and oxygen atoms in total. The van der Waals surface area contributed by atoms with Gasteiger partial charge in [-0.2, -0.15) is 0 Å². The van der Waals surface area contributed by atoms with Crippen LogP contribution in [0, 0.1) is 29.6 Å². The summed E-state index contributed by atoms with van der Waals surface area (Å²) >= 11 is 0. The maximum absolute atomic E-state index is 12.4. The van der Waals surface area contributed by atoms with E-state index in [1.165, 1.54) is 6.42 Å². The third kappa shape index (κ3) is 2.49. The molecule has 2 heterocycles. The Morgan fingerprint density at radius 1 is 1.13 bits per heavy atom. The van der Waals surface area contributed by atoms with Gasteiger partial charge in [-0.3, -0.25) is 4.79 Å². The minimum absolute atomic E-state index is 0.0314. The third-order valence-electron chi connectivity index (χ3n) is 5.66. The minimum atomic E-state index is -0.568. The molecule has 0 spiro atoms. The molecule has 0 amide bonds. The molecule has 4 rings (SSSR count). The average Bonchev–Trinajstić information content (AvgIpc) is 3.19. The van der Waals surface area contributed by atoms with Crippen molar-refractivity contribution in [2.24, 2.45) is 29.6 Å². The van der Waals surface area contributed by atoms with E-state index < -0.39 is 11.6 Å². The van der Waals surface area contributed by atoms with E-state index in [0.717, 1.165) is 6.42 Å². The second kappa shape index (κ2) is 5.07. The Hall–Kier alpha value is -1.36. The lowest BCUT2D eigenvalue weighted by atomic mass is 9.69. The van der Waals surface area contributed by atoms with E-state index in [2.05, 4.69) is 12.2 Å². The lowest BCUT2D eigenvalue weighted by Gasteiger charge is -2.32. The molecule has 7 unspecified atom stereocenters. The van der Waals surface area contributed by atoms with Gasteiger partial charge in [-0.25, -0.2) is 4.79 Å². The topological polar surface area (TPSA) is 61.8 Å². The first-order valence-corrected chi connectivity index (χ1v) is 8.56. The lowest BCUT2D eigenvalue weighted by molar-refractivity contribution is -0.169. The summed E-state index contributed by atoms with van der Waals surface area (Å²) in [5, 5.41) is 0. The standard InChI is InChI=1S/C18H24O5/c1-18(2,3)23-13(19)8-21-17(20)11-7-12-14-9-4-5-10(6-9)15(14)16(11)22-12/h4-5,9-12,14-16H,6-8H2,1-3H3. The van der Waals surface area contributed by atoms with Gasteiger partial charge >= 0.3 is 11.9 Å². The van der Waals surface area contributed by atoms with E-state index >= 15 is 0 Å². The predicted octanol–water partition coefficient (Wildman–Crippen LogP) is 2.10. The van der Waals surface area contributed by atoms with Crippen LogP contribution in [0.25, 0.3) is 0 Å². The Morgan fingerprint density at radius 2 is 1.83 bits per heavy atom. The summed E-state index contributed by atoms with van der Waals surface area (Å²) in [4.78, 5) is 24.1. The molecule has 126 valence electrons. The van der Waals surface area contributed by atoms with Gasteiger partial charge < -0.3 is 14.2 Å². The average molecular weight is 320 g/mol. The van der Waals surface area contributed by atoms with Crippen LogP contribution in [0.5, 0.6) is 0 Å². The molecule has 0 aromatic heterocycles. The molecule has 7 atom stereocenters. The smallest absolute Gasteiger partial charge is 0.344 e. The molecule has 0 N–H and O–H groups in total. The Labute approximate surface area is 136 Å². The van der Waals surface area contributed by atoms with Crippen molar-refractivity contribution in [2.45, 2.75) is 51.4 Å². The van der Waals surface area contributed by atoms with Crippen LogP contribution in [0.4, 0.5) is 0 Å². The third-order valence-corrected chi connectivity index (χ3v) is 5.66. The molecule has 0 aromatic carbocycles. The normalized spacial score (nSPS) is 42.8. The molecule has 5 heteroatoms. The molecular formula is C18H24O5. The molecule has 2 aliphatic heterocycles. The quantitative estimate of drug-likeness (QED) is 0.589. The highest BCUT2D eigenvalue weighted by atomic mass is 16.6. The SMILES string of the molecule is CC(C)(C)OC(=O)COC(=O)C1CC2OC1C1C3C=CC(C3)C21. The number of ether oxygens (including phenoxy) is 3. The van der Waals surface area contributed by atoms with Gasteiger partial charge in [0.25, 0.3) is 0 Å². The molecule has 0 radical (unpaired) electrons. The van der Waals surface area contributed by atoms with E-state index in [4.69, 9.17) is 14.2 Å². The van der Waals surface area contributed by atoms with Crippen molar-refractivity contribution in [2.75, 3.05) is 6.61 Å². The predicted molar refractivity (Wildman–Crippen MR) is 81.3 cm³/mol. The Bertz CT molecular complexity index is 560. The summed E-state index contributed by atoms with van der Waals surface area (Å²) in [6, 6.07) is 0. The molecule has 23 heavy (non-hydrogen) atoms. The highest BCUT2D eigenvalue weighted by Crippen LogP contribution is 2.61. The van der Waals surface area contributed by atoms with Crippen LogP contribution in [0.2, 0.25) is 0 Å². The number of carbonyl (C=O) groups is 2. The molecular weight excluding hydrogens is 296 g/mol. The van der Waals surface area contributed by atoms with Crippen molar-refractivity contribution in [1.29, 1.82) is 0 Å². The number of esters is 2. The van der Waals surface area contributed by atoms with Crippen molar-refractivity contribution in [1.82, 2.24) is 0 Å². The van der Waals surface area contributed by atoms with Crippen LogP contribution in [-0.2, 0) is 23.8 Å². The summed E-state index contributed by atoms with van der Waals surface area (Å²) < 4.78 is 16.5. The van der Waals surface area contributed by atoms with Crippen LogP contribution in [0.1, 0.15) is 33.6 Å². The van der Waals surface area contributed by atoms with E-state index in [1.807, 2.05) is 0 Å². The summed E-state index contributed by atoms with van der Waals surface area (Å²) in [6.45, 7) is 5.06. The zero-order valence-electron chi connectivity index (χ0n) is 13.9. The molecule has 4 aliphatic rings. The Morgan fingerprint density at radius 3 is 2.52 bits per heavy atom. The fourth-order valence-electron chi connectivity index (χ4n) is 5.07. The van der Waals surface area contributed by atoms with E-state index in [1.54, 1.807) is 20.8 Å². The van der Waals surface area contributed by atoms with Crippen molar-refractivity contribution >= 4 is 11.9 Å². The number of hydrogen-bond acceptors (Lipinski definition) is 5. The molecule has 1 saturated carbocycles. The highest BCUT2D eigenvalue weighted by molar-refractivity contribution is 5.78. The first kappa shape index (κ1) is 15.2. The van der Waals surface area contributed by atoms with Crippen molar-refractivity contribution in [3.05, 3.63) is 12.2 Å². The maximum Gasteiger partial charge on any atom is 0.344 e. The molecule has 0 aromatic rings.